The third-order valence-electron chi connectivity index (χ3n) is 3.52. The summed E-state index contributed by atoms with van der Waals surface area (Å²) in [6.07, 6.45) is 4.15. The van der Waals surface area contributed by atoms with Crippen LogP contribution in [0.3, 0.4) is 0 Å². The summed E-state index contributed by atoms with van der Waals surface area (Å²) >= 11 is 0. The molecular formula is C9H16O. The van der Waals surface area contributed by atoms with E-state index in [0.717, 1.165) is 17.8 Å². The molecule has 0 heterocycles. The van der Waals surface area contributed by atoms with Gasteiger partial charge in [0.05, 0.1) is 0 Å². The van der Waals surface area contributed by atoms with E-state index in [0.29, 0.717) is 12.5 Å². The number of aliphatic hydroxyl groups is 1. The Kier molecular flexibility index (Phi) is 1.48. The van der Waals surface area contributed by atoms with Gasteiger partial charge in [-0.05, 0) is 42.9 Å². The van der Waals surface area contributed by atoms with Gasteiger partial charge in [0.2, 0.25) is 0 Å². The first kappa shape index (κ1) is 6.66. The van der Waals surface area contributed by atoms with E-state index in [2.05, 4.69) is 6.92 Å². The largest absolute Gasteiger partial charge is 0.396 e. The first-order valence-corrected chi connectivity index (χ1v) is 4.42. The molecule has 1 N–H and O–H groups in total. The SMILES string of the molecule is CC1C[C@H]2C[C@H](CO)[C@@H]1C2. The van der Waals surface area contributed by atoms with Crippen molar-refractivity contribution in [1.29, 1.82) is 0 Å². The molecule has 0 aromatic carbocycles. The smallest absolute Gasteiger partial charge is 0.0462 e. The van der Waals surface area contributed by atoms with E-state index in [9.17, 15) is 0 Å². The van der Waals surface area contributed by atoms with Gasteiger partial charge in [0.15, 0.2) is 0 Å². The van der Waals surface area contributed by atoms with E-state index in [1.165, 1.54) is 19.3 Å². The topological polar surface area (TPSA) is 20.2 Å². The van der Waals surface area contributed by atoms with Crippen LogP contribution >= 0.6 is 0 Å². The van der Waals surface area contributed by atoms with Gasteiger partial charge in [-0.2, -0.15) is 0 Å². The lowest BCUT2D eigenvalue weighted by atomic mass is 9.82. The van der Waals surface area contributed by atoms with Crippen molar-refractivity contribution in [3.05, 3.63) is 0 Å². The molecule has 2 aliphatic rings. The summed E-state index contributed by atoms with van der Waals surface area (Å²) in [4.78, 5) is 0. The molecule has 0 amide bonds. The summed E-state index contributed by atoms with van der Waals surface area (Å²) in [6, 6.07) is 0. The molecule has 2 aliphatic carbocycles. The lowest BCUT2D eigenvalue weighted by molar-refractivity contribution is 0.149. The molecule has 2 rings (SSSR count). The summed E-state index contributed by atoms with van der Waals surface area (Å²) in [5.74, 6) is 3.40. The van der Waals surface area contributed by atoms with E-state index in [4.69, 9.17) is 5.11 Å². The second kappa shape index (κ2) is 2.23. The van der Waals surface area contributed by atoms with Crippen LogP contribution in [0.25, 0.3) is 0 Å². The Hall–Kier alpha value is -0.0400. The molecule has 58 valence electrons. The van der Waals surface area contributed by atoms with Gasteiger partial charge in [0, 0.05) is 6.61 Å². The number of aliphatic hydroxyl groups excluding tert-OH is 1. The molecule has 2 saturated carbocycles. The molecule has 0 spiro atoms. The Morgan fingerprint density at radius 1 is 1.30 bits per heavy atom. The van der Waals surface area contributed by atoms with Crippen molar-refractivity contribution in [3.8, 4) is 0 Å². The van der Waals surface area contributed by atoms with Crippen molar-refractivity contribution in [2.24, 2.45) is 23.7 Å². The maximum absolute atomic E-state index is 9.01. The highest BCUT2D eigenvalue weighted by Gasteiger charge is 2.43. The number of hydrogen-bond acceptors (Lipinski definition) is 1. The fraction of sp³-hybridized carbons (Fsp3) is 1.00. The Morgan fingerprint density at radius 2 is 2.10 bits per heavy atom. The Bertz CT molecular complexity index is 131. The number of hydrogen-bond donors (Lipinski definition) is 1. The van der Waals surface area contributed by atoms with Crippen LogP contribution in [0.2, 0.25) is 0 Å². The van der Waals surface area contributed by atoms with E-state index in [1.54, 1.807) is 0 Å². The lowest BCUT2D eigenvalue weighted by Gasteiger charge is -2.24. The predicted molar refractivity (Wildman–Crippen MR) is 40.6 cm³/mol. The van der Waals surface area contributed by atoms with Gasteiger partial charge in [-0.25, -0.2) is 0 Å². The van der Waals surface area contributed by atoms with E-state index < -0.39 is 0 Å². The molecule has 0 aliphatic heterocycles. The molecular weight excluding hydrogens is 124 g/mol. The zero-order chi connectivity index (χ0) is 7.14. The predicted octanol–water partition coefficient (Wildman–Crippen LogP) is 1.66. The maximum atomic E-state index is 9.01. The molecule has 1 nitrogen and oxygen atoms in total. The standard InChI is InChI=1S/C9H16O/c1-6-2-7-3-8(5-10)9(6)4-7/h6-10H,2-5H2,1H3/t6?,7-,8+,9+/m0/s1. The third kappa shape index (κ3) is 0.800. The summed E-state index contributed by atoms with van der Waals surface area (Å²) in [5, 5.41) is 9.01. The highest BCUT2D eigenvalue weighted by molar-refractivity contribution is 4.93. The van der Waals surface area contributed by atoms with Crippen molar-refractivity contribution < 1.29 is 5.11 Å². The van der Waals surface area contributed by atoms with E-state index in [-0.39, 0.29) is 0 Å². The Balaban J connectivity index is 2.06. The fourth-order valence-electron chi connectivity index (χ4n) is 3.08. The molecule has 0 radical (unpaired) electrons. The zero-order valence-corrected chi connectivity index (χ0v) is 6.59. The summed E-state index contributed by atoms with van der Waals surface area (Å²) in [6.45, 7) is 2.78. The van der Waals surface area contributed by atoms with Crippen molar-refractivity contribution in [3.63, 3.8) is 0 Å². The maximum Gasteiger partial charge on any atom is 0.0462 e. The minimum absolute atomic E-state index is 0.436. The van der Waals surface area contributed by atoms with E-state index in [1.807, 2.05) is 0 Å². The van der Waals surface area contributed by atoms with Crippen LogP contribution in [0, 0.1) is 23.7 Å². The minimum Gasteiger partial charge on any atom is -0.396 e. The van der Waals surface area contributed by atoms with Crippen LogP contribution in [0.5, 0.6) is 0 Å². The van der Waals surface area contributed by atoms with Gasteiger partial charge in [-0.3, -0.25) is 0 Å². The molecule has 0 aromatic heterocycles. The van der Waals surface area contributed by atoms with Crippen LogP contribution in [0.1, 0.15) is 26.2 Å². The highest BCUT2D eigenvalue weighted by Crippen LogP contribution is 2.51. The second-order valence-electron chi connectivity index (χ2n) is 4.16. The minimum atomic E-state index is 0.436. The monoisotopic (exact) mass is 140 g/mol. The Morgan fingerprint density at radius 3 is 2.50 bits per heavy atom. The van der Waals surface area contributed by atoms with Crippen LogP contribution < -0.4 is 0 Å². The molecule has 1 heteroatoms. The number of rotatable bonds is 1. The van der Waals surface area contributed by atoms with Gasteiger partial charge < -0.3 is 5.11 Å². The molecule has 0 aromatic rings. The molecule has 0 saturated heterocycles. The van der Waals surface area contributed by atoms with Crippen molar-refractivity contribution in [2.45, 2.75) is 26.2 Å². The van der Waals surface area contributed by atoms with Crippen molar-refractivity contribution in [2.75, 3.05) is 6.61 Å². The van der Waals surface area contributed by atoms with Gasteiger partial charge >= 0.3 is 0 Å². The van der Waals surface area contributed by atoms with Crippen LogP contribution in [-0.4, -0.2) is 11.7 Å². The average molecular weight is 140 g/mol. The molecule has 2 bridgehead atoms. The molecule has 1 unspecified atom stereocenters. The van der Waals surface area contributed by atoms with Crippen molar-refractivity contribution in [1.82, 2.24) is 0 Å². The quantitative estimate of drug-likeness (QED) is 0.587. The fourth-order valence-corrected chi connectivity index (χ4v) is 3.08. The van der Waals surface area contributed by atoms with Gasteiger partial charge in [-0.1, -0.05) is 6.92 Å². The van der Waals surface area contributed by atoms with E-state index >= 15 is 0 Å². The highest BCUT2D eigenvalue weighted by atomic mass is 16.3. The molecule has 10 heavy (non-hydrogen) atoms. The zero-order valence-electron chi connectivity index (χ0n) is 6.59. The average Bonchev–Trinajstić information content (AvgIpc) is 2.44. The first-order chi connectivity index (χ1) is 4.81. The van der Waals surface area contributed by atoms with Crippen LogP contribution in [-0.2, 0) is 0 Å². The summed E-state index contributed by atoms with van der Waals surface area (Å²) in [7, 11) is 0. The summed E-state index contributed by atoms with van der Waals surface area (Å²) in [5.41, 5.74) is 0. The van der Waals surface area contributed by atoms with Crippen LogP contribution in [0.15, 0.2) is 0 Å². The van der Waals surface area contributed by atoms with Gasteiger partial charge in [0.1, 0.15) is 0 Å². The Labute approximate surface area is 62.4 Å². The summed E-state index contributed by atoms with van der Waals surface area (Å²) < 4.78 is 0. The molecule has 4 atom stereocenters. The van der Waals surface area contributed by atoms with Crippen molar-refractivity contribution >= 4 is 0 Å². The normalized spacial score (nSPS) is 52.2. The first-order valence-electron chi connectivity index (χ1n) is 4.42. The molecule has 2 fully saturated rings. The van der Waals surface area contributed by atoms with Gasteiger partial charge in [-0.15, -0.1) is 0 Å². The van der Waals surface area contributed by atoms with Crippen LogP contribution in [0.4, 0.5) is 0 Å². The second-order valence-corrected chi connectivity index (χ2v) is 4.16. The third-order valence-corrected chi connectivity index (χ3v) is 3.52. The number of fused-ring (bicyclic) bond motifs is 2. The lowest BCUT2D eigenvalue weighted by Crippen LogP contribution is -2.20. The van der Waals surface area contributed by atoms with Gasteiger partial charge in [0.25, 0.3) is 0 Å².